The summed E-state index contributed by atoms with van der Waals surface area (Å²) < 4.78 is 5.59. The van der Waals surface area contributed by atoms with Gasteiger partial charge in [-0.2, -0.15) is 0 Å². The number of phenolic OH excluding ortho intramolecular Hbond substituents is 1. The highest BCUT2D eigenvalue weighted by Gasteiger charge is 2.24. The minimum absolute atomic E-state index is 0.163. The van der Waals surface area contributed by atoms with Gasteiger partial charge >= 0.3 is 0 Å². The van der Waals surface area contributed by atoms with Crippen LogP contribution in [0.3, 0.4) is 0 Å². The summed E-state index contributed by atoms with van der Waals surface area (Å²) in [6.07, 6.45) is 13.9. The summed E-state index contributed by atoms with van der Waals surface area (Å²) in [6, 6.07) is 12.9. The molecule has 0 spiro atoms. The maximum atomic E-state index is 11.6. The normalized spacial score (nSPS) is 12.6. The lowest BCUT2D eigenvalue weighted by atomic mass is 10.1. The van der Waals surface area contributed by atoms with Crippen molar-refractivity contribution in [3.63, 3.8) is 0 Å². The fourth-order valence-electron chi connectivity index (χ4n) is 3.18. The van der Waals surface area contributed by atoms with E-state index < -0.39 is 0 Å². The molecule has 3 rings (SSSR count). The van der Waals surface area contributed by atoms with Crippen molar-refractivity contribution in [1.29, 1.82) is 0 Å². The van der Waals surface area contributed by atoms with Crippen LogP contribution in [0.4, 0.5) is 5.69 Å². The third kappa shape index (κ3) is 8.28. The number of rotatable bonds is 10. The maximum absolute atomic E-state index is 11.6. The number of ether oxygens (including phenoxy) is 1. The first-order valence-corrected chi connectivity index (χ1v) is 11.2. The molecule has 0 saturated carbocycles. The van der Waals surface area contributed by atoms with Crippen LogP contribution in [0.1, 0.15) is 65.2 Å². The molecule has 5 nitrogen and oxygen atoms in total. The van der Waals surface area contributed by atoms with Crippen LogP contribution in [0.5, 0.6) is 17.2 Å². The molecular formula is C26H33NO4. The molecule has 5 heteroatoms. The van der Waals surface area contributed by atoms with Crippen molar-refractivity contribution in [1.82, 2.24) is 0 Å². The van der Waals surface area contributed by atoms with Crippen LogP contribution in [-0.2, 0) is 9.59 Å². The lowest BCUT2D eigenvalue weighted by molar-refractivity contribution is -0.119. The quantitative estimate of drug-likeness (QED) is 0.339. The number of nitrogens with zero attached hydrogens (tertiary/aromatic N) is 1. The summed E-state index contributed by atoms with van der Waals surface area (Å²) >= 11 is 0. The number of hydrogen-bond acceptors (Lipinski definition) is 4. The van der Waals surface area contributed by atoms with Gasteiger partial charge in [0.15, 0.2) is 0 Å². The predicted octanol–water partition coefficient (Wildman–Crippen LogP) is 6.76. The van der Waals surface area contributed by atoms with Gasteiger partial charge in [-0.05, 0) is 48.5 Å². The zero-order chi connectivity index (χ0) is 22.5. The standard InChI is InChI=1S/C16H11NO4.C10H22/c18-12-3-7-14(8-4-12)21-13-5-1-11(2-6-13)17-15(19)9-10-16(17)20;1-3-5-7-9-10-8-6-4-2/h1-10,18H;3-10H2,1-2H3. The molecule has 0 unspecified atom stereocenters. The van der Waals surface area contributed by atoms with Crippen LogP contribution in [0.25, 0.3) is 0 Å². The molecule has 166 valence electrons. The van der Waals surface area contributed by atoms with E-state index in [-0.39, 0.29) is 17.6 Å². The van der Waals surface area contributed by atoms with Crippen molar-refractivity contribution >= 4 is 17.5 Å². The zero-order valence-corrected chi connectivity index (χ0v) is 18.5. The van der Waals surface area contributed by atoms with Crippen LogP contribution in [0, 0.1) is 0 Å². The minimum atomic E-state index is -0.354. The fourth-order valence-corrected chi connectivity index (χ4v) is 3.18. The van der Waals surface area contributed by atoms with Crippen LogP contribution >= 0.6 is 0 Å². The summed E-state index contributed by atoms with van der Waals surface area (Å²) in [5.41, 5.74) is 0.494. The van der Waals surface area contributed by atoms with Crippen molar-refractivity contribution in [2.24, 2.45) is 0 Å². The number of carbonyl (C=O) groups is 2. The number of anilines is 1. The monoisotopic (exact) mass is 423 g/mol. The molecule has 2 amide bonds. The van der Waals surface area contributed by atoms with Gasteiger partial charge in [0.2, 0.25) is 0 Å². The molecule has 0 fully saturated rings. The van der Waals surface area contributed by atoms with E-state index in [1.165, 1.54) is 75.7 Å². The highest BCUT2D eigenvalue weighted by molar-refractivity contribution is 6.28. The molecule has 0 aliphatic carbocycles. The molecule has 1 aliphatic rings. The lowest BCUT2D eigenvalue weighted by Crippen LogP contribution is -2.29. The molecule has 0 saturated heterocycles. The number of carbonyl (C=O) groups excluding carboxylic acids is 2. The highest BCUT2D eigenvalue weighted by atomic mass is 16.5. The Hall–Kier alpha value is -3.08. The van der Waals surface area contributed by atoms with Gasteiger partial charge in [0.25, 0.3) is 11.8 Å². The van der Waals surface area contributed by atoms with Gasteiger partial charge in [0.1, 0.15) is 17.2 Å². The second-order valence-corrected chi connectivity index (χ2v) is 7.56. The van der Waals surface area contributed by atoms with Crippen LogP contribution < -0.4 is 9.64 Å². The molecule has 0 atom stereocenters. The lowest BCUT2D eigenvalue weighted by Gasteiger charge is -2.14. The van der Waals surface area contributed by atoms with Crippen molar-refractivity contribution in [3.8, 4) is 17.2 Å². The second kappa shape index (κ2) is 13.3. The van der Waals surface area contributed by atoms with E-state index in [2.05, 4.69) is 13.8 Å². The van der Waals surface area contributed by atoms with E-state index >= 15 is 0 Å². The molecule has 1 N–H and O–H groups in total. The molecule has 2 aromatic rings. The molecule has 2 aromatic carbocycles. The van der Waals surface area contributed by atoms with E-state index in [0.717, 1.165) is 4.90 Å². The number of unbranched alkanes of at least 4 members (excludes halogenated alkanes) is 7. The number of benzene rings is 2. The Balaban J connectivity index is 0.000000291. The van der Waals surface area contributed by atoms with E-state index in [4.69, 9.17) is 4.74 Å². The average Bonchev–Trinajstić information content (AvgIpc) is 3.11. The molecular weight excluding hydrogens is 390 g/mol. The topological polar surface area (TPSA) is 66.8 Å². The van der Waals surface area contributed by atoms with Crippen molar-refractivity contribution in [3.05, 3.63) is 60.7 Å². The zero-order valence-electron chi connectivity index (χ0n) is 18.5. The van der Waals surface area contributed by atoms with Gasteiger partial charge in [-0.25, -0.2) is 4.90 Å². The van der Waals surface area contributed by atoms with E-state index in [1.807, 2.05) is 0 Å². The SMILES string of the molecule is CCCCCCCCCC.O=C1C=CC(=O)N1c1ccc(Oc2ccc(O)cc2)cc1. The Morgan fingerprint density at radius 3 is 1.55 bits per heavy atom. The third-order valence-electron chi connectivity index (χ3n) is 4.93. The molecule has 31 heavy (non-hydrogen) atoms. The van der Waals surface area contributed by atoms with E-state index in [0.29, 0.717) is 17.2 Å². The maximum Gasteiger partial charge on any atom is 0.258 e. The Morgan fingerprint density at radius 1 is 0.677 bits per heavy atom. The average molecular weight is 424 g/mol. The van der Waals surface area contributed by atoms with Gasteiger partial charge < -0.3 is 9.84 Å². The van der Waals surface area contributed by atoms with E-state index in [1.54, 1.807) is 36.4 Å². The summed E-state index contributed by atoms with van der Waals surface area (Å²) in [4.78, 5) is 24.2. The van der Waals surface area contributed by atoms with Crippen molar-refractivity contribution in [2.45, 2.75) is 65.2 Å². The van der Waals surface area contributed by atoms with Gasteiger partial charge in [-0.15, -0.1) is 0 Å². The molecule has 1 heterocycles. The first kappa shape index (κ1) is 24.2. The van der Waals surface area contributed by atoms with E-state index in [9.17, 15) is 14.7 Å². The van der Waals surface area contributed by atoms with Crippen LogP contribution in [0.15, 0.2) is 60.7 Å². The number of hydrogen-bond donors (Lipinski definition) is 1. The highest BCUT2D eigenvalue weighted by Crippen LogP contribution is 2.26. The Kier molecular flexibility index (Phi) is 10.4. The summed E-state index contributed by atoms with van der Waals surface area (Å²) in [5.74, 6) is 0.600. The third-order valence-corrected chi connectivity index (χ3v) is 4.93. The number of phenols is 1. The Bertz CT molecular complexity index is 815. The van der Waals surface area contributed by atoms with Gasteiger partial charge in [0, 0.05) is 12.2 Å². The van der Waals surface area contributed by atoms with Crippen molar-refractivity contribution < 1.29 is 19.4 Å². The molecule has 0 radical (unpaired) electrons. The molecule has 1 aliphatic heterocycles. The van der Waals surface area contributed by atoms with Crippen LogP contribution in [0.2, 0.25) is 0 Å². The van der Waals surface area contributed by atoms with Gasteiger partial charge in [-0.3, -0.25) is 9.59 Å². The number of amides is 2. The van der Waals surface area contributed by atoms with Crippen molar-refractivity contribution in [2.75, 3.05) is 4.90 Å². The largest absolute Gasteiger partial charge is 0.508 e. The number of imide groups is 1. The molecule has 0 aromatic heterocycles. The predicted molar refractivity (Wildman–Crippen MR) is 125 cm³/mol. The first-order chi connectivity index (χ1) is 15.0. The summed E-state index contributed by atoms with van der Waals surface area (Å²) in [5, 5.41) is 9.20. The molecule has 0 bridgehead atoms. The second-order valence-electron chi connectivity index (χ2n) is 7.56. The van der Waals surface area contributed by atoms with Gasteiger partial charge in [-0.1, -0.05) is 65.2 Å². The minimum Gasteiger partial charge on any atom is -0.508 e. The first-order valence-electron chi connectivity index (χ1n) is 11.2. The Morgan fingerprint density at radius 2 is 1.10 bits per heavy atom. The summed E-state index contributed by atoms with van der Waals surface area (Å²) in [6.45, 7) is 4.54. The number of aromatic hydroxyl groups is 1. The van der Waals surface area contributed by atoms with Gasteiger partial charge in [0.05, 0.1) is 5.69 Å². The van der Waals surface area contributed by atoms with Crippen LogP contribution in [-0.4, -0.2) is 16.9 Å². The fraction of sp³-hybridized carbons (Fsp3) is 0.385. The Labute approximate surface area is 185 Å². The smallest absolute Gasteiger partial charge is 0.258 e. The summed E-state index contributed by atoms with van der Waals surface area (Å²) in [7, 11) is 0.